The average Bonchev–Trinajstić information content (AvgIpc) is 2.71. The second-order valence-electron chi connectivity index (χ2n) is 4.17. The van der Waals surface area contributed by atoms with Gasteiger partial charge in [-0.15, -0.1) is 0 Å². The molecular formula is C10H19N. The van der Waals surface area contributed by atoms with E-state index in [1.165, 1.54) is 38.9 Å². The van der Waals surface area contributed by atoms with E-state index in [4.69, 9.17) is 0 Å². The zero-order valence-electron chi connectivity index (χ0n) is 7.55. The Balaban J connectivity index is 1.77. The van der Waals surface area contributed by atoms with Gasteiger partial charge in [-0.1, -0.05) is 6.92 Å². The van der Waals surface area contributed by atoms with E-state index in [1.54, 1.807) is 6.42 Å². The van der Waals surface area contributed by atoms with Gasteiger partial charge >= 0.3 is 0 Å². The lowest BCUT2D eigenvalue weighted by Gasteiger charge is -2.19. The molecular weight excluding hydrogens is 134 g/mol. The predicted molar refractivity (Wildman–Crippen MR) is 47.6 cm³/mol. The maximum Gasteiger partial charge on any atom is -0.00160 e. The highest BCUT2D eigenvalue weighted by molar-refractivity contribution is 4.89. The first kappa shape index (κ1) is 7.60. The second-order valence-corrected chi connectivity index (χ2v) is 4.17. The Kier molecular flexibility index (Phi) is 2.17. The molecule has 2 rings (SSSR count). The largest absolute Gasteiger partial charge is 0.303 e. The second kappa shape index (κ2) is 3.14. The van der Waals surface area contributed by atoms with Gasteiger partial charge in [-0.2, -0.15) is 0 Å². The van der Waals surface area contributed by atoms with Crippen LogP contribution in [0.1, 0.15) is 32.6 Å². The van der Waals surface area contributed by atoms with Crippen molar-refractivity contribution in [2.24, 2.45) is 11.8 Å². The zero-order chi connectivity index (χ0) is 7.68. The van der Waals surface area contributed by atoms with E-state index >= 15 is 0 Å². The Bertz CT molecular complexity index is 121. The summed E-state index contributed by atoms with van der Waals surface area (Å²) >= 11 is 0. The summed E-state index contributed by atoms with van der Waals surface area (Å²) in [7, 11) is 0. The molecule has 0 N–H and O–H groups in total. The Morgan fingerprint density at radius 1 is 1.18 bits per heavy atom. The third-order valence-electron chi connectivity index (χ3n) is 3.24. The molecule has 0 radical (unpaired) electrons. The number of nitrogens with zero attached hydrogens (tertiary/aromatic N) is 1. The molecule has 1 nitrogen and oxygen atoms in total. The van der Waals surface area contributed by atoms with Crippen LogP contribution in [0, 0.1) is 11.8 Å². The molecule has 64 valence electrons. The number of hydrogen-bond acceptors (Lipinski definition) is 1. The molecule has 1 aliphatic heterocycles. The molecule has 1 saturated heterocycles. The minimum Gasteiger partial charge on any atom is -0.303 e. The van der Waals surface area contributed by atoms with Crippen LogP contribution >= 0.6 is 0 Å². The van der Waals surface area contributed by atoms with E-state index in [2.05, 4.69) is 11.8 Å². The summed E-state index contributed by atoms with van der Waals surface area (Å²) in [6.07, 6.45) is 5.87. The summed E-state index contributed by atoms with van der Waals surface area (Å²) in [5, 5.41) is 0. The molecule has 2 aliphatic rings. The van der Waals surface area contributed by atoms with Crippen molar-refractivity contribution in [3.63, 3.8) is 0 Å². The lowest BCUT2D eigenvalue weighted by atomic mass is 10.2. The third kappa shape index (κ3) is 1.76. The van der Waals surface area contributed by atoms with Gasteiger partial charge in [0, 0.05) is 0 Å². The minimum atomic E-state index is 1.14. The van der Waals surface area contributed by atoms with Crippen molar-refractivity contribution < 1.29 is 0 Å². The molecule has 0 bridgehead atoms. The van der Waals surface area contributed by atoms with Crippen LogP contribution in [0.2, 0.25) is 0 Å². The summed E-state index contributed by atoms with van der Waals surface area (Å²) in [6, 6.07) is 0. The first-order valence-corrected chi connectivity index (χ1v) is 5.12. The molecule has 2 atom stereocenters. The van der Waals surface area contributed by atoms with Gasteiger partial charge in [0.25, 0.3) is 0 Å². The van der Waals surface area contributed by atoms with E-state index in [1.807, 2.05) is 0 Å². The SMILES string of the molecule is CCCN1CC[C@@H]2C[C@@H]2CC1. The molecule has 2 fully saturated rings. The zero-order valence-corrected chi connectivity index (χ0v) is 7.55. The lowest BCUT2D eigenvalue weighted by Crippen LogP contribution is -2.25. The van der Waals surface area contributed by atoms with Crippen LogP contribution in [0.5, 0.6) is 0 Å². The maximum absolute atomic E-state index is 2.64. The summed E-state index contributed by atoms with van der Waals surface area (Å²) < 4.78 is 0. The van der Waals surface area contributed by atoms with Crippen LogP contribution < -0.4 is 0 Å². The van der Waals surface area contributed by atoms with Gasteiger partial charge in [0.1, 0.15) is 0 Å². The van der Waals surface area contributed by atoms with Crippen molar-refractivity contribution in [3.8, 4) is 0 Å². The molecule has 1 saturated carbocycles. The molecule has 0 amide bonds. The van der Waals surface area contributed by atoms with E-state index in [-0.39, 0.29) is 0 Å². The Hall–Kier alpha value is -0.0400. The highest BCUT2D eigenvalue weighted by atomic mass is 15.1. The maximum atomic E-state index is 2.64. The fourth-order valence-corrected chi connectivity index (χ4v) is 2.37. The summed E-state index contributed by atoms with van der Waals surface area (Å²) in [4.78, 5) is 2.64. The van der Waals surface area contributed by atoms with Crippen LogP contribution in [0.15, 0.2) is 0 Å². The lowest BCUT2D eigenvalue weighted by molar-refractivity contribution is 0.276. The minimum absolute atomic E-state index is 1.14. The standard InChI is InChI=1S/C10H19N/c1-2-5-11-6-3-9-8-10(9)4-7-11/h9-10H,2-8H2,1H3/t9-,10+. The van der Waals surface area contributed by atoms with Crippen LogP contribution in [0.4, 0.5) is 0 Å². The van der Waals surface area contributed by atoms with Crippen LogP contribution in [0.25, 0.3) is 0 Å². The molecule has 1 heteroatoms. The van der Waals surface area contributed by atoms with Crippen molar-refractivity contribution in [3.05, 3.63) is 0 Å². The highest BCUT2D eigenvalue weighted by Gasteiger charge is 2.38. The molecule has 1 heterocycles. The van der Waals surface area contributed by atoms with E-state index in [9.17, 15) is 0 Å². The number of hydrogen-bond donors (Lipinski definition) is 0. The van der Waals surface area contributed by atoms with Crippen molar-refractivity contribution in [1.82, 2.24) is 4.90 Å². The van der Waals surface area contributed by atoms with Gasteiger partial charge in [0.15, 0.2) is 0 Å². The van der Waals surface area contributed by atoms with Crippen LogP contribution in [0.3, 0.4) is 0 Å². The van der Waals surface area contributed by atoms with E-state index in [0.717, 1.165) is 11.8 Å². The van der Waals surface area contributed by atoms with Gasteiger partial charge in [-0.3, -0.25) is 0 Å². The van der Waals surface area contributed by atoms with Gasteiger partial charge in [0.05, 0.1) is 0 Å². The molecule has 0 aromatic heterocycles. The van der Waals surface area contributed by atoms with Crippen LogP contribution in [-0.4, -0.2) is 24.5 Å². The van der Waals surface area contributed by atoms with Gasteiger partial charge < -0.3 is 4.90 Å². The number of likely N-dealkylation sites (tertiary alicyclic amines) is 1. The monoisotopic (exact) mass is 153 g/mol. The quantitative estimate of drug-likeness (QED) is 0.587. The van der Waals surface area contributed by atoms with Crippen LogP contribution in [-0.2, 0) is 0 Å². The topological polar surface area (TPSA) is 3.24 Å². The van der Waals surface area contributed by atoms with E-state index < -0.39 is 0 Å². The smallest absolute Gasteiger partial charge is 0.00160 e. The molecule has 0 aromatic rings. The van der Waals surface area contributed by atoms with Crippen molar-refractivity contribution >= 4 is 0 Å². The van der Waals surface area contributed by atoms with Crippen molar-refractivity contribution in [2.45, 2.75) is 32.6 Å². The van der Waals surface area contributed by atoms with Gasteiger partial charge in [-0.25, -0.2) is 0 Å². The normalized spacial score (nSPS) is 37.9. The highest BCUT2D eigenvalue weighted by Crippen LogP contribution is 2.45. The van der Waals surface area contributed by atoms with Gasteiger partial charge in [0.2, 0.25) is 0 Å². The Morgan fingerprint density at radius 2 is 1.82 bits per heavy atom. The predicted octanol–water partition coefficient (Wildman–Crippen LogP) is 2.13. The summed E-state index contributed by atoms with van der Waals surface area (Å²) in [6.45, 7) is 6.38. The molecule has 0 spiro atoms. The molecule has 1 aliphatic carbocycles. The average molecular weight is 153 g/mol. The van der Waals surface area contributed by atoms with E-state index in [0.29, 0.717) is 0 Å². The Morgan fingerprint density at radius 3 is 2.36 bits per heavy atom. The van der Waals surface area contributed by atoms with Crippen molar-refractivity contribution in [2.75, 3.05) is 19.6 Å². The third-order valence-corrected chi connectivity index (χ3v) is 3.24. The molecule has 11 heavy (non-hydrogen) atoms. The first-order valence-electron chi connectivity index (χ1n) is 5.12. The Labute approximate surface area is 69.8 Å². The fourth-order valence-electron chi connectivity index (χ4n) is 2.37. The first-order chi connectivity index (χ1) is 5.40. The summed E-state index contributed by atoms with van der Waals surface area (Å²) in [5.74, 6) is 2.27. The molecule has 0 unspecified atom stereocenters. The number of fused-ring (bicyclic) bond motifs is 1. The fraction of sp³-hybridized carbons (Fsp3) is 1.00. The van der Waals surface area contributed by atoms with Gasteiger partial charge in [-0.05, 0) is 57.2 Å². The summed E-state index contributed by atoms with van der Waals surface area (Å²) in [5.41, 5.74) is 0. The number of rotatable bonds is 2. The van der Waals surface area contributed by atoms with Crippen molar-refractivity contribution in [1.29, 1.82) is 0 Å². The molecule has 0 aromatic carbocycles.